The summed E-state index contributed by atoms with van der Waals surface area (Å²) in [6, 6.07) is 7.16. The van der Waals surface area contributed by atoms with Gasteiger partial charge in [0.05, 0.1) is 28.8 Å². The second-order valence-electron chi connectivity index (χ2n) is 7.37. The molecule has 2 heterocycles. The lowest BCUT2D eigenvalue weighted by molar-refractivity contribution is -0.137. The second kappa shape index (κ2) is 6.37. The third-order valence-corrected chi connectivity index (χ3v) is 4.00. The van der Waals surface area contributed by atoms with Crippen molar-refractivity contribution < 1.29 is 18.0 Å². The molecule has 142 valence electrons. The molecule has 0 fully saturated rings. The Labute approximate surface area is 154 Å². The summed E-state index contributed by atoms with van der Waals surface area (Å²) in [5, 5.41) is 6.69. The van der Waals surface area contributed by atoms with Gasteiger partial charge in [0.25, 0.3) is 0 Å². The number of benzene rings is 1. The van der Waals surface area contributed by atoms with Gasteiger partial charge in [-0.3, -0.25) is 4.79 Å². The third kappa shape index (κ3) is 3.94. The van der Waals surface area contributed by atoms with Crippen molar-refractivity contribution in [1.82, 2.24) is 14.6 Å². The number of imidazole rings is 1. The van der Waals surface area contributed by atoms with E-state index in [2.05, 4.69) is 15.4 Å². The van der Waals surface area contributed by atoms with Crippen molar-refractivity contribution in [2.45, 2.75) is 33.9 Å². The number of aryl methyl sites for hydroxylation is 1. The molecule has 27 heavy (non-hydrogen) atoms. The van der Waals surface area contributed by atoms with Crippen LogP contribution >= 0.6 is 0 Å². The zero-order valence-corrected chi connectivity index (χ0v) is 15.3. The molecule has 0 saturated heterocycles. The van der Waals surface area contributed by atoms with Gasteiger partial charge in [-0.1, -0.05) is 26.8 Å². The first-order valence-corrected chi connectivity index (χ1v) is 8.31. The first-order chi connectivity index (χ1) is 12.4. The molecule has 0 atom stereocenters. The topological polar surface area (TPSA) is 59.3 Å². The van der Waals surface area contributed by atoms with Crippen LogP contribution in [-0.2, 0) is 11.0 Å². The Morgan fingerprint density at radius 2 is 1.81 bits per heavy atom. The highest BCUT2D eigenvalue weighted by atomic mass is 19.4. The van der Waals surface area contributed by atoms with Crippen molar-refractivity contribution in [2.75, 3.05) is 5.32 Å². The van der Waals surface area contributed by atoms with Gasteiger partial charge in [-0.25, -0.2) is 9.50 Å². The average molecular weight is 376 g/mol. The standard InChI is InChI=1S/C19H19F3N4O/c1-11-5-8-16-23-15(10-26(16)25-11)12-6-7-13(19(20,21)22)14(9-12)24-17(27)18(2,3)4/h5-10H,1-4H3,(H,24,27). The van der Waals surface area contributed by atoms with E-state index in [0.717, 1.165) is 11.8 Å². The predicted molar refractivity (Wildman–Crippen MR) is 96.2 cm³/mol. The number of hydrogen-bond donors (Lipinski definition) is 1. The van der Waals surface area contributed by atoms with E-state index >= 15 is 0 Å². The van der Waals surface area contributed by atoms with Gasteiger partial charge in [0, 0.05) is 11.0 Å². The van der Waals surface area contributed by atoms with Gasteiger partial charge in [-0.05, 0) is 31.2 Å². The molecule has 3 rings (SSSR count). The Kier molecular flexibility index (Phi) is 4.45. The summed E-state index contributed by atoms with van der Waals surface area (Å²) in [4.78, 5) is 16.6. The fourth-order valence-electron chi connectivity index (χ4n) is 2.48. The lowest BCUT2D eigenvalue weighted by Gasteiger charge is -2.20. The number of carbonyl (C=O) groups is 1. The molecule has 8 heteroatoms. The molecular weight excluding hydrogens is 357 g/mol. The number of halogens is 3. The molecule has 0 saturated carbocycles. The summed E-state index contributed by atoms with van der Waals surface area (Å²) in [5.74, 6) is -0.502. The molecule has 0 radical (unpaired) electrons. The fraction of sp³-hybridized carbons (Fsp3) is 0.316. The normalized spacial score (nSPS) is 12.4. The number of anilines is 1. The maximum atomic E-state index is 13.4. The van der Waals surface area contributed by atoms with Crippen molar-refractivity contribution in [3.8, 4) is 11.3 Å². The summed E-state index contributed by atoms with van der Waals surface area (Å²) in [5.41, 5.74) is 0.266. The highest BCUT2D eigenvalue weighted by molar-refractivity contribution is 5.96. The van der Waals surface area contributed by atoms with Gasteiger partial charge >= 0.3 is 6.18 Å². The van der Waals surface area contributed by atoms with Crippen LogP contribution in [0.15, 0.2) is 36.5 Å². The maximum absolute atomic E-state index is 13.4. The quantitative estimate of drug-likeness (QED) is 0.705. The van der Waals surface area contributed by atoms with Crippen molar-refractivity contribution in [2.24, 2.45) is 5.41 Å². The van der Waals surface area contributed by atoms with Crippen LogP contribution in [0.4, 0.5) is 18.9 Å². The van der Waals surface area contributed by atoms with Crippen molar-refractivity contribution in [3.05, 3.63) is 47.8 Å². The van der Waals surface area contributed by atoms with Gasteiger partial charge in [0.15, 0.2) is 5.65 Å². The molecule has 5 nitrogen and oxygen atoms in total. The van der Waals surface area contributed by atoms with Gasteiger partial charge in [-0.2, -0.15) is 18.3 Å². The van der Waals surface area contributed by atoms with Gasteiger partial charge in [0.1, 0.15) is 0 Å². The van der Waals surface area contributed by atoms with E-state index < -0.39 is 23.1 Å². The van der Waals surface area contributed by atoms with E-state index in [-0.39, 0.29) is 5.69 Å². The number of hydrogen-bond acceptors (Lipinski definition) is 3. The minimum absolute atomic E-state index is 0.291. The Bertz CT molecular complexity index is 1020. The Hall–Kier alpha value is -2.90. The Morgan fingerprint density at radius 1 is 1.11 bits per heavy atom. The number of carbonyl (C=O) groups excluding carboxylic acids is 1. The first kappa shape index (κ1) is 18.9. The molecule has 0 bridgehead atoms. The summed E-state index contributed by atoms with van der Waals surface area (Å²) in [6.45, 7) is 6.73. The molecule has 2 aromatic heterocycles. The maximum Gasteiger partial charge on any atom is 0.418 e. The zero-order chi connectivity index (χ0) is 20.0. The number of alkyl halides is 3. The smallest absolute Gasteiger partial charge is 0.325 e. The molecule has 0 aliphatic carbocycles. The van der Waals surface area contributed by atoms with Gasteiger partial charge in [-0.15, -0.1) is 0 Å². The fourth-order valence-corrected chi connectivity index (χ4v) is 2.48. The monoisotopic (exact) mass is 376 g/mol. The van der Waals surface area contributed by atoms with E-state index in [4.69, 9.17) is 0 Å². The number of nitrogens with one attached hydrogen (secondary N) is 1. The highest BCUT2D eigenvalue weighted by Gasteiger charge is 2.35. The zero-order valence-electron chi connectivity index (χ0n) is 15.3. The van der Waals surface area contributed by atoms with Crippen LogP contribution in [0.3, 0.4) is 0 Å². The van der Waals surface area contributed by atoms with Crippen LogP contribution in [-0.4, -0.2) is 20.5 Å². The van der Waals surface area contributed by atoms with Crippen LogP contribution in [0.2, 0.25) is 0 Å². The van der Waals surface area contributed by atoms with Crippen LogP contribution in [0, 0.1) is 12.3 Å². The molecule has 0 aliphatic heterocycles. The van der Waals surface area contributed by atoms with Crippen LogP contribution in [0.1, 0.15) is 32.0 Å². The predicted octanol–water partition coefficient (Wildman–Crippen LogP) is 4.71. The van der Waals surface area contributed by atoms with Crippen molar-refractivity contribution in [3.63, 3.8) is 0 Å². The molecule has 0 spiro atoms. The molecular formula is C19H19F3N4O. The molecule has 1 N–H and O–H groups in total. The Morgan fingerprint density at radius 3 is 2.44 bits per heavy atom. The van der Waals surface area contributed by atoms with E-state index in [9.17, 15) is 18.0 Å². The summed E-state index contributed by atoms with van der Waals surface area (Å²) < 4.78 is 41.6. The first-order valence-electron chi connectivity index (χ1n) is 8.31. The van der Waals surface area contributed by atoms with Gasteiger partial charge in [0.2, 0.25) is 5.91 Å². The number of amides is 1. The number of aromatic nitrogens is 3. The third-order valence-electron chi connectivity index (χ3n) is 4.00. The van der Waals surface area contributed by atoms with Crippen molar-refractivity contribution in [1.29, 1.82) is 0 Å². The largest absolute Gasteiger partial charge is 0.418 e. The number of fused-ring (bicyclic) bond motifs is 1. The summed E-state index contributed by atoms with van der Waals surface area (Å²) in [6.07, 6.45) is -2.95. The second-order valence-corrected chi connectivity index (χ2v) is 7.37. The van der Waals surface area contributed by atoms with E-state index in [1.807, 2.05) is 6.92 Å². The summed E-state index contributed by atoms with van der Waals surface area (Å²) >= 11 is 0. The molecule has 3 aromatic rings. The SMILES string of the molecule is Cc1ccc2nc(-c3ccc(C(F)(F)F)c(NC(=O)C(C)(C)C)c3)cn2n1. The van der Waals surface area contributed by atoms with E-state index in [1.54, 1.807) is 43.6 Å². The van der Waals surface area contributed by atoms with Gasteiger partial charge < -0.3 is 5.32 Å². The molecule has 0 aliphatic rings. The molecule has 1 aromatic carbocycles. The minimum Gasteiger partial charge on any atom is -0.325 e. The lowest BCUT2D eigenvalue weighted by Crippen LogP contribution is -2.28. The van der Waals surface area contributed by atoms with Crippen molar-refractivity contribution >= 4 is 17.2 Å². The molecule has 0 unspecified atom stereocenters. The van der Waals surface area contributed by atoms with Crippen LogP contribution in [0.25, 0.3) is 16.9 Å². The molecule has 1 amide bonds. The number of nitrogens with zero attached hydrogens (tertiary/aromatic N) is 3. The average Bonchev–Trinajstić information content (AvgIpc) is 2.95. The van der Waals surface area contributed by atoms with E-state index in [1.165, 1.54) is 12.1 Å². The Balaban J connectivity index is 2.08. The lowest BCUT2D eigenvalue weighted by atomic mass is 9.95. The minimum atomic E-state index is -4.59. The van der Waals surface area contributed by atoms with Crippen LogP contribution in [0.5, 0.6) is 0 Å². The summed E-state index contributed by atoms with van der Waals surface area (Å²) in [7, 11) is 0. The number of rotatable bonds is 2. The highest BCUT2D eigenvalue weighted by Crippen LogP contribution is 2.37. The van der Waals surface area contributed by atoms with E-state index in [0.29, 0.717) is 16.9 Å². The van der Waals surface area contributed by atoms with Crippen LogP contribution < -0.4 is 5.32 Å².